The third kappa shape index (κ3) is 3.43. The molecule has 3 aromatic carbocycles. The van der Waals surface area contributed by atoms with Gasteiger partial charge in [-0.05, 0) is 23.6 Å². The highest BCUT2D eigenvalue weighted by Gasteiger charge is 2.07. The quantitative estimate of drug-likeness (QED) is 0.494. The van der Waals surface area contributed by atoms with Crippen molar-refractivity contribution >= 4 is 44.5 Å². The second-order valence-electron chi connectivity index (χ2n) is 5.95. The first kappa shape index (κ1) is 16.3. The van der Waals surface area contributed by atoms with Gasteiger partial charge < -0.3 is 10.6 Å². The maximum Gasteiger partial charge on any atom is 0.221 e. The fourth-order valence-electron chi connectivity index (χ4n) is 2.84. The number of anilines is 3. The van der Waals surface area contributed by atoms with Crippen LogP contribution in [0.2, 0.25) is 0 Å². The summed E-state index contributed by atoms with van der Waals surface area (Å²) in [6.45, 7) is 1.50. The van der Waals surface area contributed by atoms with Gasteiger partial charge in [0.25, 0.3) is 0 Å². The van der Waals surface area contributed by atoms with Crippen LogP contribution in [0.15, 0.2) is 72.1 Å². The van der Waals surface area contributed by atoms with Crippen LogP contribution in [0, 0.1) is 0 Å². The second-order valence-corrected chi connectivity index (χ2v) is 6.81. The van der Waals surface area contributed by atoms with E-state index in [9.17, 15) is 4.79 Å². The highest BCUT2D eigenvalue weighted by Crippen LogP contribution is 2.30. The minimum atomic E-state index is -0.0759. The van der Waals surface area contributed by atoms with Gasteiger partial charge in [-0.15, -0.1) is 11.3 Å². The average molecular weight is 359 g/mol. The van der Waals surface area contributed by atoms with E-state index in [0.717, 1.165) is 27.8 Å². The zero-order valence-electron chi connectivity index (χ0n) is 14.2. The fraction of sp³-hybridized carbons (Fsp3) is 0.0476. The zero-order chi connectivity index (χ0) is 17.9. The number of rotatable bonds is 4. The van der Waals surface area contributed by atoms with Crippen LogP contribution in [0.3, 0.4) is 0 Å². The molecule has 0 aliphatic carbocycles. The first-order chi connectivity index (χ1) is 12.7. The summed E-state index contributed by atoms with van der Waals surface area (Å²) < 4.78 is 0. The van der Waals surface area contributed by atoms with E-state index in [-0.39, 0.29) is 5.91 Å². The van der Waals surface area contributed by atoms with Gasteiger partial charge in [-0.1, -0.05) is 48.5 Å². The Balaban J connectivity index is 1.57. The van der Waals surface area contributed by atoms with Crippen molar-refractivity contribution in [3.63, 3.8) is 0 Å². The monoisotopic (exact) mass is 359 g/mol. The Morgan fingerprint density at radius 3 is 2.54 bits per heavy atom. The molecule has 0 fully saturated rings. The number of nitrogens with one attached hydrogen (secondary N) is 2. The van der Waals surface area contributed by atoms with Crippen molar-refractivity contribution in [2.24, 2.45) is 0 Å². The van der Waals surface area contributed by atoms with Crippen LogP contribution in [-0.4, -0.2) is 10.9 Å². The van der Waals surface area contributed by atoms with Crippen molar-refractivity contribution in [2.75, 3.05) is 10.6 Å². The van der Waals surface area contributed by atoms with Crippen molar-refractivity contribution < 1.29 is 4.79 Å². The number of aromatic nitrogens is 1. The molecular formula is C21H17N3OS. The van der Waals surface area contributed by atoms with Crippen molar-refractivity contribution in [3.8, 4) is 11.3 Å². The number of hydrogen-bond acceptors (Lipinski definition) is 4. The summed E-state index contributed by atoms with van der Waals surface area (Å²) in [7, 11) is 0. The Labute approximate surface area is 155 Å². The van der Waals surface area contributed by atoms with Crippen LogP contribution in [0.4, 0.5) is 16.5 Å². The summed E-state index contributed by atoms with van der Waals surface area (Å²) >= 11 is 1.57. The lowest BCUT2D eigenvalue weighted by Gasteiger charge is -2.07. The number of carbonyl (C=O) groups excluding carboxylic acids is 1. The largest absolute Gasteiger partial charge is 0.331 e. The Kier molecular flexibility index (Phi) is 4.37. The van der Waals surface area contributed by atoms with E-state index < -0.39 is 0 Å². The lowest BCUT2D eigenvalue weighted by molar-refractivity contribution is -0.114. The predicted octanol–water partition coefficient (Wildman–Crippen LogP) is 5.67. The zero-order valence-corrected chi connectivity index (χ0v) is 15.0. The lowest BCUT2D eigenvalue weighted by atomic mass is 10.1. The second kappa shape index (κ2) is 6.98. The number of hydrogen-bond donors (Lipinski definition) is 2. The SMILES string of the molecule is CC(=O)Nc1ccc(-c2csc(Nc3cccc4ccccc34)n2)cc1. The van der Waals surface area contributed by atoms with E-state index in [4.69, 9.17) is 4.98 Å². The van der Waals surface area contributed by atoms with Crippen LogP contribution in [0.5, 0.6) is 0 Å². The van der Waals surface area contributed by atoms with Gasteiger partial charge in [0.15, 0.2) is 5.13 Å². The first-order valence-corrected chi connectivity index (χ1v) is 9.15. The molecule has 128 valence electrons. The van der Waals surface area contributed by atoms with Crippen molar-refractivity contribution in [1.82, 2.24) is 4.98 Å². The molecule has 0 aliphatic heterocycles. The van der Waals surface area contributed by atoms with Crippen LogP contribution >= 0.6 is 11.3 Å². The summed E-state index contributed by atoms with van der Waals surface area (Å²) in [5, 5.41) is 11.4. The van der Waals surface area contributed by atoms with Crippen molar-refractivity contribution in [3.05, 3.63) is 72.1 Å². The molecule has 2 N–H and O–H groups in total. The molecule has 0 aliphatic rings. The molecule has 0 saturated heterocycles. The summed E-state index contributed by atoms with van der Waals surface area (Å²) in [6.07, 6.45) is 0. The number of carbonyl (C=O) groups is 1. The molecule has 4 rings (SSSR count). The predicted molar refractivity (Wildman–Crippen MR) is 109 cm³/mol. The van der Waals surface area contributed by atoms with Gasteiger partial charge in [0.1, 0.15) is 0 Å². The molecule has 0 radical (unpaired) electrons. The molecule has 0 atom stereocenters. The van der Waals surface area contributed by atoms with Gasteiger partial charge in [-0.25, -0.2) is 4.98 Å². The molecule has 0 saturated carbocycles. The number of benzene rings is 3. The highest BCUT2D eigenvalue weighted by atomic mass is 32.1. The van der Waals surface area contributed by atoms with Gasteiger partial charge in [0.05, 0.1) is 5.69 Å². The standard InChI is InChI=1S/C21H17N3OS/c1-14(25)22-17-11-9-16(10-12-17)20-13-26-21(24-20)23-19-8-4-6-15-5-2-3-7-18(15)19/h2-13H,1H3,(H,22,25)(H,23,24). The molecule has 1 amide bonds. The maximum absolute atomic E-state index is 11.1. The smallest absolute Gasteiger partial charge is 0.221 e. The average Bonchev–Trinajstić information content (AvgIpc) is 3.11. The van der Waals surface area contributed by atoms with Crippen LogP contribution < -0.4 is 10.6 Å². The van der Waals surface area contributed by atoms with Gasteiger partial charge >= 0.3 is 0 Å². The minimum Gasteiger partial charge on any atom is -0.331 e. The van der Waals surface area contributed by atoms with Gasteiger partial charge in [-0.2, -0.15) is 0 Å². The number of thiazole rings is 1. The van der Waals surface area contributed by atoms with E-state index in [1.807, 2.05) is 47.8 Å². The summed E-state index contributed by atoms with van der Waals surface area (Å²) in [4.78, 5) is 15.8. The molecule has 1 aromatic heterocycles. The maximum atomic E-state index is 11.1. The number of nitrogens with zero attached hydrogens (tertiary/aromatic N) is 1. The number of amides is 1. The van der Waals surface area contributed by atoms with Crippen LogP contribution in [0.1, 0.15) is 6.92 Å². The number of fused-ring (bicyclic) bond motifs is 1. The fourth-order valence-corrected chi connectivity index (χ4v) is 3.57. The molecular weight excluding hydrogens is 342 g/mol. The topological polar surface area (TPSA) is 54.0 Å². The van der Waals surface area contributed by atoms with Gasteiger partial charge in [0.2, 0.25) is 5.91 Å². The van der Waals surface area contributed by atoms with E-state index in [1.54, 1.807) is 11.3 Å². The molecule has 0 bridgehead atoms. The first-order valence-electron chi connectivity index (χ1n) is 8.27. The van der Waals surface area contributed by atoms with E-state index >= 15 is 0 Å². The Morgan fingerprint density at radius 1 is 0.962 bits per heavy atom. The molecule has 5 heteroatoms. The highest BCUT2D eigenvalue weighted by molar-refractivity contribution is 7.14. The Hall–Kier alpha value is -3.18. The third-order valence-electron chi connectivity index (χ3n) is 4.04. The van der Waals surface area contributed by atoms with Crippen LogP contribution in [-0.2, 0) is 4.79 Å². The molecule has 1 heterocycles. The van der Waals surface area contributed by atoms with E-state index in [0.29, 0.717) is 0 Å². The Morgan fingerprint density at radius 2 is 1.73 bits per heavy atom. The summed E-state index contributed by atoms with van der Waals surface area (Å²) in [5.74, 6) is -0.0759. The minimum absolute atomic E-state index is 0.0759. The summed E-state index contributed by atoms with van der Waals surface area (Å²) in [6, 6.07) is 22.2. The molecule has 0 spiro atoms. The van der Waals surface area contributed by atoms with Crippen molar-refractivity contribution in [1.29, 1.82) is 0 Å². The van der Waals surface area contributed by atoms with E-state index in [1.165, 1.54) is 17.7 Å². The van der Waals surface area contributed by atoms with E-state index in [2.05, 4.69) is 34.9 Å². The molecule has 0 unspecified atom stereocenters. The Bertz CT molecular complexity index is 1060. The van der Waals surface area contributed by atoms with Gasteiger partial charge in [0, 0.05) is 34.6 Å². The van der Waals surface area contributed by atoms with Crippen LogP contribution in [0.25, 0.3) is 22.0 Å². The van der Waals surface area contributed by atoms with Crippen molar-refractivity contribution in [2.45, 2.75) is 6.92 Å². The normalized spacial score (nSPS) is 10.7. The van der Waals surface area contributed by atoms with Gasteiger partial charge in [-0.3, -0.25) is 4.79 Å². The summed E-state index contributed by atoms with van der Waals surface area (Å²) in [5.41, 5.74) is 3.75. The molecule has 4 aromatic rings. The lowest BCUT2D eigenvalue weighted by Crippen LogP contribution is -2.05. The third-order valence-corrected chi connectivity index (χ3v) is 4.79. The molecule has 26 heavy (non-hydrogen) atoms. The molecule has 4 nitrogen and oxygen atoms in total.